The zero-order valence-corrected chi connectivity index (χ0v) is 11.0. The minimum absolute atomic E-state index is 0.0784. The summed E-state index contributed by atoms with van der Waals surface area (Å²) in [7, 11) is 0. The third kappa shape index (κ3) is 2.35. The largest absolute Gasteiger partial charge is 0.399 e. The average Bonchev–Trinajstić information content (AvgIpc) is 2.83. The molecule has 5 heteroatoms. The van der Waals surface area contributed by atoms with Crippen LogP contribution in [0.3, 0.4) is 0 Å². The molecule has 0 fully saturated rings. The zero-order valence-electron chi connectivity index (χ0n) is 11.0. The summed E-state index contributed by atoms with van der Waals surface area (Å²) in [5, 5.41) is 9.46. The van der Waals surface area contributed by atoms with E-state index in [1.165, 1.54) is 5.56 Å². The zero-order chi connectivity index (χ0) is 13.9. The number of hydrogen-bond acceptors (Lipinski definition) is 4. The number of nitrogens with zero attached hydrogens (tertiary/aromatic N) is 3. The van der Waals surface area contributed by atoms with Crippen molar-refractivity contribution >= 4 is 16.7 Å². The van der Waals surface area contributed by atoms with Crippen LogP contribution < -0.4 is 5.73 Å². The van der Waals surface area contributed by atoms with Crippen molar-refractivity contribution in [1.82, 2.24) is 14.5 Å². The van der Waals surface area contributed by atoms with Crippen molar-refractivity contribution in [1.29, 1.82) is 0 Å². The number of aryl methyl sites for hydroxylation is 2. The van der Waals surface area contributed by atoms with Crippen molar-refractivity contribution in [2.75, 3.05) is 5.73 Å². The van der Waals surface area contributed by atoms with Gasteiger partial charge in [-0.2, -0.15) is 0 Å². The molecule has 0 aliphatic rings. The fraction of sp³-hybridized carbons (Fsp3) is 0.200. The number of benzene rings is 1. The van der Waals surface area contributed by atoms with E-state index in [1.807, 2.05) is 34.9 Å². The average molecular weight is 268 g/mol. The Morgan fingerprint density at radius 1 is 1.15 bits per heavy atom. The van der Waals surface area contributed by atoms with Crippen LogP contribution in [0, 0.1) is 0 Å². The number of nitrogen functional groups attached to an aromatic ring is 1. The van der Waals surface area contributed by atoms with Crippen LogP contribution in [0.15, 0.2) is 42.7 Å². The second-order valence-corrected chi connectivity index (χ2v) is 4.69. The van der Waals surface area contributed by atoms with E-state index in [0.717, 1.165) is 24.0 Å². The molecule has 0 saturated heterocycles. The molecule has 0 spiro atoms. The maximum atomic E-state index is 9.46. The maximum Gasteiger partial charge on any atom is 0.135 e. The minimum Gasteiger partial charge on any atom is -0.399 e. The van der Waals surface area contributed by atoms with Crippen LogP contribution >= 0.6 is 0 Å². The Labute approximate surface area is 116 Å². The topological polar surface area (TPSA) is 77.0 Å². The van der Waals surface area contributed by atoms with Gasteiger partial charge < -0.3 is 15.4 Å². The molecule has 0 atom stereocenters. The molecule has 3 rings (SSSR count). The smallest absolute Gasteiger partial charge is 0.135 e. The van der Waals surface area contributed by atoms with E-state index in [1.54, 1.807) is 12.4 Å². The lowest BCUT2D eigenvalue weighted by Gasteiger charge is -2.08. The van der Waals surface area contributed by atoms with E-state index in [2.05, 4.69) is 9.97 Å². The standard InChI is InChI=1S/C15H16N4O/c16-12-1-2-14-13(9-12)18-15(10-20)19(14)8-5-11-3-6-17-7-4-11/h1-4,6-7,9,20H,5,8,10,16H2. The van der Waals surface area contributed by atoms with Gasteiger partial charge in [-0.25, -0.2) is 4.98 Å². The van der Waals surface area contributed by atoms with Gasteiger partial charge in [0.25, 0.3) is 0 Å². The molecule has 5 nitrogen and oxygen atoms in total. The summed E-state index contributed by atoms with van der Waals surface area (Å²) in [4.78, 5) is 8.44. The highest BCUT2D eigenvalue weighted by Crippen LogP contribution is 2.19. The van der Waals surface area contributed by atoms with Gasteiger partial charge in [0.15, 0.2) is 0 Å². The highest BCUT2D eigenvalue weighted by atomic mass is 16.3. The first kappa shape index (κ1) is 12.6. The van der Waals surface area contributed by atoms with Crippen molar-refractivity contribution < 1.29 is 5.11 Å². The number of pyridine rings is 1. The first-order valence-electron chi connectivity index (χ1n) is 6.52. The van der Waals surface area contributed by atoms with Gasteiger partial charge >= 0.3 is 0 Å². The Hall–Kier alpha value is -2.40. The van der Waals surface area contributed by atoms with Crippen LogP contribution in [-0.4, -0.2) is 19.6 Å². The van der Waals surface area contributed by atoms with Gasteiger partial charge in [-0.15, -0.1) is 0 Å². The summed E-state index contributed by atoms with van der Waals surface area (Å²) in [5.41, 5.74) is 9.48. The van der Waals surface area contributed by atoms with Crippen LogP contribution in [0.4, 0.5) is 5.69 Å². The van der Waals surface area contributed by atoms with E-state index >= 15 is 0 Å². The SMILES string of the molecule is Nc1ccc2c(c1)nc(CO)n2CCc1ccncc1. The Kier molecular flexibility index (Phi) is 3.35. The molecule has 0 radical (unpaired) electrons. The lowest BCUT2D eigenvalue weighted by Crippen LogP contribution is -2.06. The molecule has 2 heterocycles. The van der Waals surface area contributed by atoms with Crippen LogP contribution in [0.25, 0.3) is 11.0 Å². The first-order valence-corrected chi connectivity index (χ1v) is 6.52. The highest BCUT2D eigenvalue weighted by molar-refractivity contribution is 5.79. The summed E-state index contributed by atoms with van der Waals surface area (Å²) < 4.78 is 2.04. The summed E-state index contributed by atoms with van der Waals surface area (Å²) in [6.07, 6.45) is 4.44. The third-order valence-electron chi connectivity index (χ3n) is 3.37. The molecule has 3 aromatic rings. The number of imidazole rings is 1. The molecular weight excluding hydrogens is 252 g/mol. The lowest BCUT2D eigenvalue weighted by atomic mass is 10.2. The van der Waals surface area contributed by atoms with E-state index < -0.39 is 0 Å². The summed E-state index contributed by atoms with van der Waals surface area (Å²) in [5.74, 6) is 0.666. The van der Waals surface area contributed by atoms with Crippen molar-refractivity contribution in [3.63, 3.8) is 0 Å². The number of fused-ring (bicyclic) bond motifs is 1. The number of nitrogens with two attached hydrogens (primary N) is 1. The molecule has 0 saturated carbocycles. The first-order chi connectivity index (χ1) is 9.78. The van der Waals surface area contributed by atoms with Crippen molar-refractivity contribution in [2.24, 2.45) is 0 Å². The molecular formula is C15H16N4O. The van der Waals surface area contributed by atoms with E-state index in [0.29, 0.717) is 11.5 Å². The molecule has 102 valence electrons. The Morgan fingerprint density at radius 2 is 1.95 bits per heavy atom. The number of aromatic nitrogens is 3. The molecule has 0 amide bonds. The molecule has 0 unspecified atom stereocenters. The van der Waals surface area contributed by atoms with Gasteiger partial charge in [-0.1, -0.05) is 0 Å². The fourth-order valence-electron chi connectivity index (χ4n) is 2.36. The predicted molar refractivity (Wildman–Crippen MR) is 78.0 cm³/mol. The molecule has 2 aromatic heterocycles. The van der Waals surface area contributed by atoms with Crippen molar-refractivity contribution in [2.45, 2.75) is 19.6 Å². The van der Waals surface area contributed by atoms with Gasteiger partial charge in [0, 0.05) is 24.6 Å². The van der Waals surface area contributed by atoms with E-state index in [-0.39, 0.29) is 6.61 Å². The minimum atomic E-state index is -0.0784. The number of rotatable bonds is 4. The fourth-order valence-corrected chi connectivity index (χ4v) is 2.36. The highest BCUT2D eigenvalue weighted by Gasteiger charge is 2.10. The quantitative estimate of drug-likeness (QED) is 0.707. The van der Waals surface area contributed by atoms with Gasteiger partial charge in [-0.3, -0.25) is 4.98 Å². The van der Waals surface area contributed by atoms with Crippen LogP contribution in [0.1, 0.15) is 11.4 Å². The molecule has 20 heavy (non-hydrogen) atoms. The lowest BCUT2D eigenvalue weighted by molar-refractivity contribution is 0.266. The summed E-state index contributed by atoms with van der Waals surface area (Å²) in [6.45, 7) is 0.686. The Bertz CT molecular complexity index is 721. The normalized spacial score (nSPS) is 11.1. The van der Waals surface area contributed by atoms with Crippen LogP contribution in [-0.2, 0) is 19.6 Å². The number of aliphatic hydroxyl groups excluding tert-OH is 1. The number of aliphatic hydroxyl groups is 1. The van der Waals surface area contributed by atoms with Crippen LogP contribution in [0.2, 0.25) is 0 Å². The van der Waals surface area contributed by atoms with Crippen molar-refractivity contribution in [3.8, 4) is 0 Å². The Balaban J connectivity index is 1.93. The second-order valence-electron chi connectivity index (χ2n) is 4.69. The second kappa shape index (κ2) is 5.30. The monoisotopic (exact) mass is 268 g/mol. The molecule has 3 N–H and O–H groups in total. The number of anilines is 1. The van der Waals surface area contributed by atoms with Gasteiger partial charge in [0.2, 0.25) is 0 Å². The van der Waals surface area contributed by atoms with Crippen LogP contribution in [0.5, 0.6) is 0 Å². The summed E-state index contributed by atoms with van der Waals surface area (Å²) in [6, 6.07) is 9.63. The molecule has 0 bridgehead atoms. The Morgan fingerprint density at radius 3 is 2.70 bits per heavy atom. The predicted octanol–water partition coefficient (Wildman–Crippen LogP) is 1.75. The van der Waals surface area contributed by atoms with Gasteiger partial charge in [0.05, 0.1) is 11.0 Å². The molecule has 1 aromatic carbocycles. The van der Waals surface area contributed by atoms with Gasteiger partial charge in [0.1, 0.15) is 12.4 Å². The maximum absolute atomic E-state index is 9.46. The van der Waals surface area contributed by atoms with E-state index in [4.69, 9.17) is 5.73 Å². The molecule has 0 aliphatic carbocycles. The third-order valence-corrected chi connectivity index (χ3v) is 3.37. The number of hydrogen-bond donors (Lipinski definition) is 2. The summed E-state index contributed by atoms with van der Waals surface area (Å²) >= 11 is 0. The van der Waals surface area contributed by atoms with Crippen molar-refractivity contribution in [3.05, 3.63) is 54.1 Å². The van der Waals surface area contributed by atoms with E-state index in [9.17, 15) is 5.11 Å². The van der Waals surface area contributed by atoms with Gasteiger partial charge in [-0.05, 0) is 42.3 Å². The molecule has 0 aliphatic heterocycles.